The van der Waals surface area contributed by atoms with Gasteiger partial charge in [0.15, 0.2) is 0 Å². The van der Waals surface area contributed by atoms with E-state index < -0.39 is 18.2 Å². The lowest BCUT2D eigenvalue weighted by molar-refractivity contribution is -0.120. The Morgan fingerprint density at radius 1 is 1.09 bits per heavy atom. The number of hydrogen-bond acceptors (Lipinski definition) is 11. The number of nitrogens with zero attached hydrogens (tertiary/aromatic N) is 2. The fraction of sp³-hybridized carbons (Fsp3) is 0.833. The fourth-order valence-electron chi connectivity index (χ4n) is 5.63. The van der Waals surface area contributed by atoms with E-state index >= 15 is 0 Å². The smallest absolute Gasteiger partial charge is 0.407 e. The summed E-state index contributed by atoms with van der Waals surface area (Å²) in [6.45, 7) is 12.4. The Hall–Kier alpha value is -2.45. The second-order valence-electron chi connectivity index (χ2n) is 12.1. The number of carbonyl (C=O) groups excluding carboxylic acids is 3. The molecule has 13 nitrogen and oxygen atoms in total. The molecular weight excluding hydrogens is 560 g/mol. The fourth-order valence-corrected chi connectivity index (χ4v) is 5.63. The van der Waals surface area contributed by atoms with Gasteiger partial charge in [0.2, 0.25) is 5.91 Å². The number of epoxide rings is 2. The quantitative estimate of drug-likeness (QED) is 0.0736. The van der Waals surface area contributed by atoms with Gasteiger partial charge in [-0.3, -0.25) is 4.79 Å². The van der Waals surface area contributed by atoms with Gasteiger partial charge in [0.25, 0.3) is 0 Å². The molecule has 7 atom stereocenters. The number of methoxy groups -OCH3 is 1. The minimum atomic E-state index is -0.535. The zero-order valence-corrected chi connectivity index (χ0v) is 26.5. The lowest BCUT2D eigenvalue weighted by Gasteiger charge is -2.42. The van der Waals surface area contributed by atoms with Crippen molar-refractivity contribution in [2.75, 3.05) is 59.8 Å². The first-order chi connectivity index (χ1) is 20.6. The summed E-state index contributed by atoms with van der Waals surface area (Å²) in [7, 11) is 1.65. The van der Waals surface area contributed by atoms with E-state index in [1.807, 2.05) is 13.8 Å². The van der Waals surface area contributed by atoms with Crippen LogP contribution in [0.2, 0.25) is 0 Å². The number of rotatable bonds is 19. The first-order valence-electron chi connectivity index (χ1n) is 15.2. The van der Waals surface area contributed by atoms with Gasteiger partial charge in [0.05, 0.1) is 45.1 Å². The molecule has 244 valence electrons. The Labute approximate surface area is 254 Å². The molecule has 2 N–H and O–H groups in total. The maximum absolute atomic E-state index is 12.6. The Kier molecular flexibility index (Phi) is 13.5. The number of azo groups is 1. The van der Waals surface area contributed by atoms with Crippen molar-refractivity contribution in [2.24, 2.45) is 22.1 Å². The average Bonchev–Trinajstić information content (AvgIpc) is 3.88. The van der Waals surface area contributed by atoms with Crippen LogP contribution in [-0.4, -0.2) is 114 Å². The number of hydrogen-bond donors (Lipinski definition) is 2. The highest BCUT2D eigenvalue weighted by molar-refractivity contribution is 5.78. The summed E-state index contributed by atoms with van der Waals surface area (Å²) in [5.41, 5.74) is 0.601. The van der Waals surface area contributed by atoms with Gasteiger partial charge in [-0.2, -0.15) is 10.2 Å². The minimum Gasteiger partial charge on any atom is -0.443 e. The first kappa shape index (κ1) is 35.0. The molecule has 3 rings (SSSR count). The molecule has 1 saturated carbocycles. The summed E-state index contributed by atoms with van der Waals surface area (Å²) >= 11 is 0. The lowest BCUT2D eigenvalue weighted by atomic mass is 9.68. The molecule has 4 unspecified atom stereocenters. The molecule has 2 saturated heterocycles. The molecule has 1 aliphatic carbocycles. The molecule has 0 bridgehead atoms. The number of amides is 2. The number of alkyl carbamates (subject to hydrolysis) is 1. The summed E-state index contributed by atoms with van der Waals surface area (Å²) in [5, 5.41) is 13.0. The number of carbonyl (C=O) groups is 3. The standard InChI is InChI=1S/C30H50N4O9/c1-20(2)7-8-24-29(5,43-24)27-26(38-6)23(9-10-30(27)19-41-30)42-28(37)32-12-14-40-16-15-39-13-11-31-25(36)17-33-34-22(18-35)21(3)4/h7,18,21-24,26-27H,8-17,19H2,1-6H3,(H,31,36)(H,32,37)/b34-33-/t22-,23?,24-,26?,27?,29?,30+/m1/s1. The zero-order valence-electron chi connectivity index (χ0n) is 26.5. The van der Waals surface area contributed by atoms with E-state index in [2.05, 4.69) is 47.7 Å². The van der Waals surface area contributed by atoms with Crippen molar-refractivity contribution in [1.82, 2.24) is 10.6 Å². The Bertz CT molecular complexity index is 983. The SMILES string of the molecule is COC1C(OC(=O)NCCOCCOCCNC(=O)C/N=N\[C@H](C=O)C(C)C)CC[C@]2(CO2)C1C1(C)O[C@@H]1CC=C(C)C. The van der Waals surface area contributed by atoms with E-state index in [4.69, 9.17) is 28.4 Å². The van der Waals surface area contributed by atoms with Crippen molar-refractivity contribution in [1.29, 1.82) is 0 Å². The molecule has 3 aliphatic rings. The average molecular weight is 611 g/mol. The highest BCUT2D eigenvalue weighted by atomic mass is 16.6. The van der Waals surface area contributed by atoms with Gasteiger partial charge in [-0.1, -0.05) is 25.5 Å². The van der Waals surface area contributed by atoms with Crippen molar-refractivity contribution in [3.05, 3.63) is 11.6 Å². The van der Waals surface area contributed by atoms with Gasteiger partial charge in [-0.15, -0.1) is 0 Å². The Balaban J connectivity index is 1.26. The summed E-state index contributed by atoms with van der Waals surface area (Å²) in [5.74, 6) is -0.291. The molecule has 2 heterocycles. The summed E-state index contributed by atoms with van der Waals surface area (Å²) in [6.07, 6.45) is 4.05. The van der Waals surface area contributed by atoms with Gasteiger partial charge < -0.3 is 43.8 Å². The molecule has 0 radical (unpaired) electrons. The summed E-state index contributed by atoms with van der Waals surface area (Å²) in [4.78, 5) is 35.2. The molecule has 2 aliphatic heterocycles. The van der Waals surface area contributed by atoms with E-state index in [1.165, 1.54) is 5.57 Å². The van der Waals surface area contributed by atoms with Gasteiger partial charge in [0.1, 0.15) is 42.3 Å². The largest absolute Gasteiger partial charge is 0.443 e. The number of ether oxygens (including phenoxy) is 6. The molecular formula is C30H50N4O9. The van der Waals surface area contributed by atoms with Gasteiger partial charge in [-0.05, 0) is 46.0 Å². The van der Waals surface area contributed by atoms with Crippen LogP contribution >= 0.6 is 0 Å². The summed E-state index contributed by atoms with van der Waals surface area (Å²) in [6, 6.07) is -0.535. The highest BCUT2D eigenvalue weighted by Crippen LogP contribution is 2.59. The third-order valence-electron chi connectivity index (χ3n) is 8.20. The van der Waals surface area contributed by atoms with Gasteiger partial charge in [0, 0.05) is 20.2 Å². The molecule has 2 amide bonds. The van der Waals surface area contributed by atoms with Crippen LogP contribution in [0.1, 0.15) is 53.9 Å². The van der Waals surface area contributed by atoms with Crippen LogP contribution in [0.5, 0.6) is 0 Å². The van der Waals surface area contributed by atoms with E-state index in [1.54, 1.807) is 7.11 Å². The Morgan fingerprint density at radius 3 is 2.35 bits per heavy atom. The predicted molar refractivity (Wildman–Crippen MR) is 157 cm³/mol. The number of allylic oxidation sites excluding steroid dienone is 1. The normalized spacial score (nSPS) is 30.2. The van der Waals surface area contributed by atoms with Crippen LogP contribution in [0.15, 0.2) is 21.9 Å². The molecule has 0 aromatic rings. The molecule has 13 heteroatoms. The molecule has 0 aromatic carbocycles. The molecule has 1 spiro atoms. The van der Waals surface area contributed by atoms with Crippen molar-refractivity contribution >= 4 is 18.3 Å². The maximum atomic E-state index is 12.6. The maximum Gasteiger partial charge on any atom is 0.407 e. The van der Waals surface area contributed by atoms with E-state index in [0.29, 0.717) is 46.0 Å². The first-order valence-corrected chi connectivity index (χ1v) is 15.2. The van der Waals surface area contributed by atoms with E-state index in [-0.39, 0.29) is 54.2 Å². The van der Waals surface area contributed by atoms with Crippen LogP contribution in [0.3, 0.4) is 0 Å². The van der Waals surface area contributed by atoms with Crippen LogP contribution < -0.4 is 10.6 Å². The molecule has 43 heavy (non-hydrogen) atoms. The molecule has 0 aromatic heterocycles. The lowest BCUT2D eigenvalue weighted by Crippen LogP contribution is -2.56. The van der Waals surface area contributed by atoms with Gasteiger partial charge in [-0.25, -0.2) is 4.79 Å². The Morgan fingerprint density at radius 2 is 1.77 bits per heavy atom. The third kappa shape index (κ3) is 10.3. The number of nitrogens with one attached hydrogen (secondary N) is 2. The minimum absolute atomic E-state index is 0.0276. The van der Waals surface area contributed by atoms with Crippen molar-refractivity contribution in [3.63, 3.8) is 0 Å². The van der Waals surface area contributed by atoms with Crippen molar-refractivity contribution in [3.8, 4) is 0 Å². The monoisotopic (exact) mass is 610 g/mol. The van der Waals surface area contributed by atoms with Crippen molar-refractivity contribution in [2.45, 2.75) is 89.4 Å². The highest BCUT2D eigenvalue weighted by Gasteiger charge is 2.72. The van der Waals surface area contributed by atoms with Gasteiger partial charge >= 0.3 is 6.09 Å². The van der Waals surface area contributed by atoms with Crippen LogP contribution in [-0.2, 0) is 38.0 Å². The van der Waals surface area contributed by atoms with Crippen LogP contribution in [0.4, 0.5) is 4.79 Å². The van der Waals surface area contributed by atoms with Crippen LogP contribution in [0.25, 0.3) is 0 Å². The van der Waals surface area contributed by atoms with E-state index in [9.17, 15) is 14.4 Å². The number of aldehydes is 1. The zero-order chi connectivity index (χ0) is 31.5. The van der Waals surface area contributed by atoms with E-state index in [0.717, 1.165) is 19.1 Å². The molecule has 3 fully saturated rings. The predicted octanol–water partition coefficient (Wildman–Crippen LogP) is 2.61. The third-order valence-corrected chi connectivity index (χ3v) is 8.20. The second kappa shape index (κ2) is 16.6. The van der Waals surface area contributed by atoms with Crippen molar-refractivity contribution < 1.29 is 42.8 Å². The summed E-state index contributed by atoms with van der Waals surface area (Å²) < 4.78 is 34.8. The second-order valence-corrected chi connectivity index (χ2v) is 12.1. The topological polar surface area (TPSA) is 162 Å². The van der Waals surface area contributed by atoms with Crippen LogP contribution in [0, 0.1) is 11.8 Å².